The lowest BCUT2D eigenvalue weighted by atomic mass is 10.0. The van der Waals surface area contributed by atoms with Crippen molar-refractivity contribution in [2.45, 2.75) is 33.3 Å². The smallest absolute Gasteiger partial charge is 0.253 e. The number of likely N-dealkylation sites (tertiary alicyclic amines) is 1. The van der Waals surface area contributed by atoms with Gasteiger partial charge in [0.25, 0.3) is 5.91 Å². The Morgan fingerprint density at radius 1 is 1.43 bits per heavy atom. The Bertz CT molecular complexity index is 485. The van der Waals surface area contributed by atoms with E-state index < -0.39 is 0 Å². The van der Waals surface area contributed by atoms with Gasteiger partial charge in [0.05, 0.1) is 12.7 Å². The zero-order valence-corrected chi connectivity index (χ0v) is 13.1. The highest BCUT2D eigenvalue weighted by atomic mass is 16.5. The molecule has 1 fully saturated rings. The van der Waals surface area contributed by atoms with Crippen LogP contribution in [-0.4, -0.2) is 41.7 Å². The minimum Gasteiger partial charge on any atom is -0.493 e. The van der Waals surface area contributed by atoms with E-state index in [1.54, 1.807) is 13.0 Å². The molecule has 4 nitrogen and oxygen atoms in total. The van der Waals surface area contributed by atoms with Crippen molar-refractivity contribution in [3.05, 3.63) is 29.8 Å². The lowest BCUT2D eigenvalue weighted by Gasteiger charge is -2.18. The third-order valence-electron chi connectivity index (χ3n) is 3.86. The number of aliphatic hydroxyl groups excluding tert-OH is 1. The molecule has 0 aliphatic carbocycles. The minimum atomic E-state index is -0.358. The maximum absolute atomic E-state index is 12.5. The number of hydrogen-bond acceptors (Lipinski definition) is 3. The van der Waals surface area contributed by atoms with Gasteiger partial charge < -0.3 is 14.7 Å². The highest BCUT2D eigenvalue weighted by molar-refractivity contribution is 5.94. The highest BCUT2D eigenvalue weighted by Crippen LogP contribution is 2.23. The molecule has 1 aromatic rings. The largest absolute Gasteiger partial charge is 0.493 e. The van der Waals surface area contributed by atoms with E-state index in [9.17, 15) is 9.90 Å². The van der Waals surface area contributed by atoms with Crippen molar-refractivity contribution in [2.75, 3.05) is 19.7 Å². The van der Waals surface area contributed by atoms with E-state index in [1.165, 1.54) is 0 Å². The molecular formula is C17H25NO3. The van der Waals surface area contributed by atoms with Gasteiger partial charge in [0.15, 0.2) is 0 Å². The van der Waals surface area contributed by atoms with Crippen molar-refractivity contribution in [3.63, 3.8) is 0 Å². The van der Waals surface area contributed by atoms with Crippen LogP contribution in [0, 0.1) is 11.8 Å². The van der Waals surface area contributed by atoms with Crippen LogP contribution in [0.15, 0.2) is 24.3 Å². The van der Waals surface area contributed by atoms with Gasteiger partial charge in [0.2, 0.25) is 0 Å². The lowest BCUT2D eigenvalue weighted by molar-refractivity contribution is 0.0762. The van der Waals surface area contributed by atoms with Gasteiger partial charge in [-0.05, 0) is 37.5 Å². The molecule has 1 aliphatic heterocycles. The molecule has 0 saturated carbocycles. The third kappa shape index (κ3) is 4.21. The fourth-order valence-corrected chi connectivity index (χ4v) is 2.53. The summed E-state index contributed by atoms with van der Waals surface area (Å²) in [5.74, 6) is 1.40. The summed E-state index contributed by atoms with van der Waals surface area (Å²) in [6.45, 7) is 7.97. The summed E-state index contributed by atoms with van der Waals surface area (Å²) in [6, 6.07) is 7.35. The molecule has 0 spiro atoms. The highest BCUT2D eigenvalue weighted by Gasteiger charge is 2.29. The Morgan fingerprint density at radius 3 is 2.81 bits per heavy atom. The fraction of sp³-hybridized carbons (Fsp3) is 0.588. The Labute approximate surface area is 126 Å². The predicted octanol–water partition coefficient (Wildman–Crippen LogP) is 2.56. The predicted molar refractivity (Wildman–Crippen MR) is 82.5 cm³/mol. The number of aliphatic hydroxyl groups is 1. The second-order valence-corrected chi connectivity index (χ2v) is 6.27. The second kappa shape index (κ2) is 6.94. The number of carbonyl (C=O) groups is 1. The van der Waals surface area contributed by atoms with Crippen LogP contribution >= 0.6 is 0 Å². The van der Waals surface area contributed by atoms with Gasteiger partial charge in [-0.3, -0.25) is 4.79 Å². The average Bonchev–Trinajstić information content (AvgIpc) is 2.94. The Balaban J connectivity index is 2.01. The van der Waals surface area contributed by atoms with Crippen molar-refractivity contribution < 1.29 is 14.6 Å². The van der Waals surface area contributed by atoms with Crippen molar-refractivity contribution in [1.29, 1.82) is 0 Å². The summed E-state index contributed by atoms with van der Waals surface area (Å²) < 4.78 is 5.67. The number of carbonyl (C=O) groups excluding carboxylic acids is 1. The first-order valence-electron chi connectivity index (χ1n) is 7.67. The maximum atomic E-state index is 12.5. The summed E-state index contributed by atoms with van der Waals surface area (Å²) in [5, 5.41) is 9.63. The van der Waals surface area contributed by atoms with Crippen molar-refractivity contribution in [1.82, 2.24) is 4.90 Å². The van der Waals surface area contributed by atoms with Crippen LogP contribution in [0.1, 0.15) is 37.6 Å². The maximum Gasteiger partial charge on any atom is 0.253 e. The van der Waals surface area contributed by atoms with Gasteiger partial charge in [0.1, 0.15) is 5.75 Å². The number of hydrogen-bond donors (Lipinski definition) is 1. The number of benzene rings is 1. The quantitative estimate of drug-likeness (QED) is 0.907. The van der Waals surface area contributed by atoms with Crippen LogP contribution in [-0.2, 0) is 0 Å². The Kier molecular flexibility index (Phi) is 5.23. The number of nitrogens with zero attached hydrogens (tertiary/aromatic N) is 1. The van der Waals surface area contributed by atoms with Gasteiger partial charge in [0, 0.05) is 24.6 Å². The van der Waals surface area contributed by atoms with Gasteiger partial charge in [-0.15, -0.1) is 0 Å². The van der Waals surface area contributed by atoms with Crippen LogP contribution in [0.3, 0.4) is 0 Å². The van der Waals surface area contributed by atoms with Crippen molar-refractivity contribution in [2.24, 2.45) is 11.8 Å². The molecule has 1 saturated heterocycles. The number of amides is 1. The van der Waals surface area contributed by atoms with E-state index >= 15 is 0 Å². The SMILES string of the molecule is CC(C)COc1cccc(C(=O)N2CCC(C(C)O)C2)c1. The first-order chi connectivity index (χ1) is 9.97. The summed E-state index contributed by atoms with van der Waals surface area (Å²) in [6.07, 6.45) is 0.510. The molecule has 4 heteroatoms. The zero-order chi connectivity index (χ0) is 15.4. The van der Waals surface area contributed by atoms with E-state index in [0.717, 1.165) is 12.2 Å². The second-order valence-electron chi connectivity index (χ2n) is 6.27. The Hall–Kier alpha value is -1.55. The molecule has 116 valence electrons. The zero-order valence-electron chi connectivity index (χ0n) is 13.1. The molecule has 1 N–H and O–H groups in total. The standard InChI is InChI=1S/C17H25NO3/c1-12(2)11-21-16-6-4-5-14(9-16)17(20)18-8-7-15(10-18)13(3)19/h4-6,9,12-13,15,19H,7-8,10-11H2,1-3H3. The van der Waals surface area contributed by atoms with E-state index in [2.05, 4.69) is 13.8 Å². The molecule has 1 amide bonds. The molecule has 2 atom stereocenters. The first kappa shape index (κ1) is 15.8. The topological polar surface area (TPSA) is 49.8 Å². The van der Waals surface area contributed by atoms with Gasteiger partial charge >= 0.3 is 0 Å². The average molecular weight is 291 g/mol. The molecule has 2 rings (SSSR count). The van der Waals surface area contributed by atoms with E-state index in [-0.39, 0.29) is 17.9 Å². The van der Waals surface area contributed by atoms with Crippen LogP contribution in [0.5, 0.6) is 5.75 Å². The summed E-state index contributed by atoms with van der Waals surface area (Å²) in [7, 11) is 0. The normalized spacial score (nSPS) is 19.9. The van der Waals surface area contributed by atoms with Crippen LogP contribution < -0.4 is 4.74 Å². The molecule has 0 radical (unpaired) electrons. The van der Waals surface area contributed by atoms with E-state index in [0.29, 0.717) is 31.2 Å². The van der Waals surface area contributed by atoms with Gasteiger partial charge in [-0.1, -0.05) is 19.9 Å². The van der Waals surface area contributed by atoms with E-state index in [4.69, 9.17) is 4.74 Å². The van der Waals surface area contributed by atoms with Crippen molar-refractivity contribution >= 4 is 5.91 Å². The van der Waals surface area contributed by atoms with Gasteiger partial charge in [-0.25, -0.2) is 0 Å². The molecule has 1 heterocycles. The summed E-state index contributed by atoms with van der Waals surface area (Å²) in [4.78, 5) is 14.3. The van der Waals surface area contributed by atoms with Crippen molar-refractivity contribution in [3.8, 4) is 5.75 Å². The molecule has 21 heavy (non-hydrogen) atoms. The number of ether oxygens (including phenoxy) is 1. The lowest BCUT2D eigenvalue weighted by Crippen LogP contribution is -2.30. The molecule has 2 unspecified atom stereocenters. The van der Waals surface area contributed by atoms with Crippen LogP contribution in [0.25, 0.3) is 0 Å². The van der Waals surface area contributed by atoms with Crippen LogP contribution in [0.4, 0.5) is 0 Å². The molecular weight excluding hydrogens is 266 g/mol. The third-order valence-corrected chi connectivity index (χ3v) is 3.86. The minimum absolute atomic E-state index is 0.0214. The van der Waals surface area contributed by atoms with Gasteiger partial charge in [-0.2, -0.15) is 0 Å². The molecule has 1 aliphatic rings. The molecule has 0 bridgehead atoms. The molecule has 0 aromatic heterocycles. The summed E-state index contributed by atoms with van der Waals surface area (Å²) >= 11 is 0. The molecule has 1 aromatic carbocycles. The first-order valence-corrected chi connectivity index (χ1v) is 7.67. The summed E-state index contributed by atoms with van der Waals surface area (Å²) in [5.41, 5.74) is 0.655. The van der Waals surface area contributed by atoms with Crippen LogP contribution in [0.2, 0.25) is 0 Å². The fourth-order valence-electron chi connectivity index (χ4n) is 2.53. The van der Waals surface area contributed by atoms with E-state index in [1.807, 2.05) is 23.1 Å². The number of rotatable bonds is 5. The Morgan fingerprint density at radius 2 is 2.19 bits per heavy atom. The monoisotopic (exact) mass is 291 g/mol.